The SMILES string of the molecule is Cc1ccc(NC(=O)N[C@H](c2nccn2CC(=O)O)C(C)C)cc1. The van der Waals surface area contributed by atoms with Crippen molar-refractivity contribution in [2.45, 2.75) is 33.4 Å². The third-order valence-corrected chi connectivity index (χ3v) is 3.59. The molecule has 1 heterocycles. The van der Waals surface area contributed by atoms with Gasteiger partial charge in [-0.2, -0.15) is 0 Å². The number of nitrogens with one attached hydrogen (secondary N) is 2. The molecule has 0 radical (unpaired) electrons. The van der Waals surface area contributed by atoms with Gasteiger partial charge in [-0.1, -0.05) is 31.5 Å². The van der Waals surface area contributed by atoms with Gasteiger partial charge >= 0.3 is 12.0 Å². The van der Waals surface area contributed by atoms with E-state index in [1.807, 2.05) is 45.0 Å². The fourth-order valence-corrected chi connectivity index (χ4v) is 2.35. The number of anilines is 1. The molecule has 0 saturated heterocycles. The Morgan fingerprint density at radius 3 is 2.50 bits per heavy atom. The number of aliphatic carboxylic acids is 1. The summed E-state index contributed by atoms with van der Waals surface area (Å²) < 4.78 is 1.53. The third kappa shape index (κ3) is 4.58. The number of aryl methyl sites for hydroxylation is 1. The Labute approximate surface area is 140 Å². The predicted octanol–water partition coefficient (Wildman–Crippen LogP) is 2.79. The van der Waals surface area contributed by atoms with E-state index in [4.69, 9.17) is 5.11 Å². The van der Waals surface area contributed by atoms with Crippen molar-refractivity contribution < 1.29 is 14.7 Å². The number of urea groups is 1. The summed E-state index contributed by atoms with van der Waals surface area (Å²) in [5.74, 6) is -0.393. The Morgan fingerprint density at radius 1 is 1.25 bits per heavy atom. The van der Waals surface area contributed by atoms with E-state index in [0.29, 0.717) is 11.5 Å². The Kier molecular flexibility index (Phi) is 5.57. The first kappa shape index (κ1) is 17.5. The number of carboxylic acid groups (broad SMARTS) is 1. The third-order valence-electron chi connectivity index (χ3n) is 3.59. The first-order valence-corrected chi connectivity index (χ1v) is 7.74. The number of carbonyl (C=O) groups excluding carboxylic acids is 1. The van der Waals surface area contributed by atoms with E-state index in [9.17, 15) is 9.59 Å². The van der Waals surface area contributed by atoms with Crippen LogP contribution in [0.2, 0.25) is 0 Å². The summed E-state index contributed by atoms with van der Waals surface area (Å²) in [5.41, 5.74) is 1.80. The van der Waals surface area contributed by atoms with Gasteiger partial charge in [-0.3, -0.25) is 4.79 Å². The van der Waals surface area contributed by atoms with Gasteiger partial charge < -0.3 is 20.3 Å². The molecule has 0 aliphatic rings. The van der Waals surface area contributed by atoms with Crippen molar-refractivity contribution in [3.05, 3.63) is 48.0 Å². The number of hydrogen-bond acceptors (Lipinski definition) is 3. The molecule has 0 spiro atoms. The van der Waals surface area contributed by atoms with Gasteiger partial charge in [-0.15, -0.1) is 0 Å². The lowest BCUT2D eigenvalue weighted by molar-refractivity contribution is -0.137. The van der Waals surface area contributed by atoms with Crippen molar-refractivity contribution in [1.82, 2.24) is 14.9 Å². The van der Waals surface area contributed by atoms with Crippen molar-refractivity contribution in [2.75, 3.05) is 5.32 Å². The van der Waals surface area contributed by atoms with Crippen LogP contribution in [0.5, 0.6) is 0 Å². The largest absolute Gasteiger partial charge is 0.480 e. The summed E-state index contributed by atoms with van der Waals surface area (Å²) in [6, 6.07) is 6.71. The monoisotopic (exact) mass is 330 g/mol. The maximum absolute atomic E-state index is 12.3. The summed E-state index contributed by atoms with van der Waals surface area (Å²) in [4.78, 5) is 27.4. The lowest BCUT2D eigenvalue weighted by Gasteiger charge is -2.23. The van der Waals surface area contributed by atoms with Gasteiger partial charge in [0.05, 0.1) is 6.04 Å². The highest BCUT2D eigenvalue weighted by molar-refractivity contribution is 5.89. The van der Waals surface area contributed by atoms with Crippen LogP contribution in [0.4, 0.5) is 10.5 Å². The highest BCUT2D eigenvalue weighted by atomic mass is 16.4. The molecule has 0 unspecified atom stereocenters. The van der Waals surface area contributed by atoms with Crippen molar-refractivity contribution in [2.24, 2.45) is 5.92 Å². The van der Waals surface area contributed by atoms with Crippen LogP contribution in [-0.4, -0.2) is 26.7 Å². The second-order valence-corrected chi connectivity index (χ2v) is 5.99. The second-order valence-electron chi connectivity index (χ2n) is 5.99. The molecule has 1 aromatic carbocycles. The molecule has 0 aliphatic heterocycles. The standard InChI is InChI=1S/C17H22N4O3/c1-11(2)15(16-18-8-9-21(16)10-14(22)23)20-17(24)19-13-6-4-12(3)5-7-13/h4-9,11,15H,10H2,1-3H3,(H,22,23)(H2,19,20,24)/t15-/m0/s1. The zero-order valence-electron chi connectivity index (χ0n) is 14.0. The molecule has 2 rings (SSSR count). The Hall–Kier alpha value is -2.83. The average Bonchev–Trinajstić information content (AvgIpc) is 2.94. The van der Waals surface area contributed by atoms with Crippen LogP contribution in [0, 0.1) is 12.8 Å². The van der Waals surface area contributed by atoms with E-state index >= 15 is 0 Å². The van der Waals surface area contributed by atoms with Crippen LogP contribution in [0.15, 0.2) is 36.7 Å². The van der Waals surface area contributed by atoms with Crippen LogP contribution in [0.25, 0.3) is 0 Å². The topological polar surface area (TPSA) is 96.3 Å². The molecular weight excluding hydrogens is 308 g/mol. The average molecular weight is 330 g/mol. The van der Waals surface area contributed by atoms with Crippen molar-refractivity contribution >= 4 is 17.7 Å². The number of carbonyl (C=O) groups is 2. The van der Waals surface area contributed by atoms with Crippen LogP contribution < -0.4 is 10.6 Å². The molecule has 1 atom stereocenters. The Morgan fingerprint density at radius 2 is 1.92 bits per heavy atom. The minimum absolute atomic E-state index is 0.0451. The fourth-order valence-electron chi connectivity index (χ4n) is 2.35. The van der Waals surface area contributed by atoms with E-state index in [2.05, 4.69) is 15.6 Å². The molecule has 0 fully saturated rings. The molecule has 0 saturated carbocycles. The summed E-state index contributed by atoms with van der Waals surface area (Å²) in [6.07, 6.45) is 3.13. The molecular formula is C17H22N4O3. The maximum Gasteiger partial charge on any atom is 0.323 e. The summed E-state index contributed by atoms with van der Waals surface area (Å²) in [6.45, 7) is 5.66. The number of carboxylic acids is 1. The van der Waals surface area contributed by atoms with Gasteiger partial charge in [0.25, 0.3) is 0 Å². The molecule has 0 bridgehead atoms. The van der Waals surface area contributed by atoms with E-state index in [0.717, 1.165) is 5.56 Å². The summed E-state index contributed by atoms with van der Waals surface area (Å²) in [7, 11) is 0. The van der Waals surface area contributed by atoms with Gasteiger partial charge in [0.2, 0.25) is 0 Å². The van der Waals surface area contributed by atoms with Crippen molar-refractivity contribution in [3.8, 4) is 0 Å². The minimum Gasteiger partial charge on any atom is -0.480 e. The van der Waals surface area contributed by atoms with Gasteiger partial charge in [0, 0.05) is 18.1 Å². The van der Waals surface area contributed by atoms with E-state index < -0.39 is 12.0 Å². The molecule has 1 aromatic heterocycles. The predicted molar refractivity (Wildman–Crippen MR) is 90.8 cm³/mol. The van der Waals surface area contributed by atoms with Crippen LogP contribution in [-0.2, 0) is 11.3 Å². The van der Waals surface area contributed by atoms with Crippen LogP contribution >= 0.6 is 0 Å². The zero-order chi connectivity index (χ0) is 17.7. The number of benzene rings is 1. The molecule has 128 valence electrons. The number of aromatic nitrogens is 2. The molecule has 7 nitrogen and oxygen atoms in total. The highest BCUT2D eigenvalue weighted by Crippen LogP contribution is 2.20. The maximum atomic E-state index is 12.3. The molecule has 3 N–H and O–H groups in total. The smallest absolute Gasteiger partial charge is 0.323 e. The lowest BCUT2D eigenvalue weighted by Crippen LogP contribution is -2.37. The molecule has 7 heteroatoms. The summed E-state index contributed by atoms with van der Waals surface area (Å²) >= 11 is 0. The van der Waals surface area contributed by atoms with E-state index in [1.54, 1.807) is 6.20 Å². The van der Waals surface area contributed by atoms with Crippen molar-refractivity contribution in [1.29, 1.82) is 0 Å². The zero-order valence-corrected chi connectivity index (χ0v) is 14.0. The first-order chi connectivity index (χ1) is 11.4. The molecule has 2 amide bonds. The normalized spacial score (nSPS) is 12.0. The fraction of sp³-hybridized carbons (Fsp3) is 0.353. The van der Waals surface area contributed by atoms with Crippen LogP contribution in [0.1, 0.15) is 31.3 Å². The van der Waals surface area contributed by atoms with E-state index in [1.165, 1.54) is 10.8 Å². The van der Waals surface area contributed by atoms with Gasteiger partial charge in [0.1, 0.15) is 12.4 Å². The first-order valence-electron chi connectivity index (χ1n) is 7.74. The molecule has 0 aliphatic carbocycles. The quantitative estimate of drug-likeness (QED) is 0.759. The van der Waals surface area contributed by atoms with Gasteiger partial charge in [-0.25, -0.2) is 9.78 Å². The number of rotatable bonds is 6. The Bertz CT molecular complexity index is 707. The van der Waals surface area contributed by atoms with Crippen LogP contribution in [0.3, 0.4) is 0 Å². The highest BCUT2D eigenvalue weighted by Gasteiger charge is 2.23. The number of hydrogen-bond donors (Lipinski definition) is 3. The number of amides is 2. The minimum atomic E-state index is -0.958. The molecule has 2 aromatic rings. The second kappa shape index (κ2) is 7.63. The number of imidazole rings is 1. The molecule has 24 heavy (non-hydrogen) atoms. The lowest BCUT2D eigenvalue weighted by atomic mass is 10.0. The van der Waals surface area contributed by atoms with Gasteiger partial charge in [0.15, 0.2) is 0 Å². The van der Waals surface area contributed by atoms with Gasteiger partial charge in [-0.05, 0) is 25.0 Å². The summed E-state index contributed by atoms with van der Waals surface area (Å²) in [5, 5.41) is 14.6. The van der Waals surface area contributed by atoms with Crippen molar-refractivity contribution in [3.63, 3.8) is 0 Å². The number of nitrogens with zero attached hydrogens (tertiary/aromatic N) is 2. The Balaban J connectivity index is 2.11. The van der Waals surface area contributed by atoms with E-state index in [-0.39, 0.29) is 18.5 Å².